The maximum Gasteiger partial charge on any atom is 0.293 e. The maximum absolute atomic E-state index is 12.4. The van der Waals surface area contributed by atoms with Gasteiger partial charge in [-0.3, -0.25) is 19.3 Å². The van der Waals surface area contributed by atoms with E-state index in [2.05, 4.69) is 5.32 Å². The molecule has 0 radical (unpaired) electrons. The van der Waals surface area contributed by atoms with Crippen molar-refractivity contribution >= 4 is 52.2 Å². The van der Waals surface area contributed by atoms with Crippen LogP contribution in [0.4, 0.5) is 10.5 Å². The number of benzene rings is 2. The highest BCUT2D eigenvalue weighted by Gasteiger charge is 2.34. The van der Waals surface area contributed by atoms with E-state index in [1.807, 2.05) is 18.2 Å². The predicted octanol–water partition coefficient (Wildman–Crippen LogP) is 4.04. The number of amides is 3. The molecule has 0 atom stereocenters. The molecule has 3 amide bonds. The van der Waals surface area contributed by atoms with E-state index in [9.17, 15) is 14.4 Å². The van der Waals surface area contributed by atoms with Gasteiger partial charge in [0.2, 0.25) is 0 Å². The van der Waals surface area contributed by atoms with Crippen molar-refractivity contribution in [2.75, 3.05) is 32.2 Å². The number of nitrogens with one attached hydrogen (secondary N) is 1. The van der Waals surface area contributed by atoms with Gasteiger partial charge in [0, 0.05) is 12.8 Å². The van der Waals surface area contributed by atoms with Crippen molar-refractivity contribution in [3.63, 3.8) is 0 Å². The SMILES string of the molecule is COCCN1C(=O)S/C(=C/c2ccc(OCC(=O)Nc3ccccc3)c(Cl)c2)C1=O. The number of thioether (sulfide) groups is 1. The first kappa shape index (κ1) is 21.9. The number of carbonyl (C=O) groups is 3. The molecule has 2 aromatic carbocycles. The molecule has 1 aliphatic heterocycles. The molecule has 1 aliphatic rings. The summed E-state index contributed by atoms with van der Waals surface area (Å²) in [5.41, 5.74) is 1.31. The van der Waals surface area contributed by atoms with E-state index in [1.54, 1.807) is 36.4 Å². The van der Waals surface area contributed by atoms with Gasteiger partial charge in [0.1, 0.15) is 5.75 Å². The Morgan fingerprint density at radius 2 is 1.97 bits per heavy atom. The third-order valence-corrected chi connectivity index (χ3v) is 5.27. The summed E-state index contributed by atoms with van der Waals surface area (Å²) in [5, 5.41) is 2.67. The molecule has 0 spiro atoms. The molecule has 3 rings (SSSR count). The van der Waals surface area contributed by atoms with Crippen LogP contribution in [0.15, 0.2) is 53.4 Å². The highest BCUT2D eigenvalue weighted by Crippen LogP contribution is 2.33. The molecule has 0 aliphatic carbocycles. The molecule has 9 heteroatoms. The quantitative estimate of drug-likeness (QED) is 0.616. The number of para-hydroxylation sites is 1. The van der Waals surface area contributed by atoms with Crippen LogP contribution in [0.5, 0.6) is 5.75 Å². The lowest BCUT2D eigenvalue weighted by molar-refractivity contribution is -0.123. The Morgan fingerprint density at radius 3 is 2.67 bits per heavy atom. The van der Waals surface area contributed by atoms with E-state index in [0.717, 1.165) is 16.7 Å². The fraction of sp³-hybridized carbons (Fsp3) is 0.190. The number of carbonyl (C=O) groups excluding carboxylic acids is 3. The first-order valence-electron chi connectivity index (χ1n) is 8.99. The topological polar surface area (TPSA) is 84.9 Å². The molecule has 1 heterocycles. The number of anilines is 1. The van der Waals surface area contributed by atoms with E-state index in [0.29, 0.717) is 21.9 Å². The lowest BCUT2D eigenvalue weighted by atomic mass is 10.2. The second-order valence-corrected chi connectivity index (χ2v) is 7.62. The van der Waals surface area contributed by atoms with Crippen LogP contribution in [0, 0.1) is 0 Å². The van der Waals surface area contributed by atoms with E-state index in [-0.39, 0.29) is 41.8 Å². The van der Waals surface area contributed by atoms with E-state index >= 15 is 0 Å². The van der Waals surface area contributed by atoms with E-state index < -0.39 is 0 Å². The normalized spacial score (nSPS) is 15.0. The average molecular weight is 447 g/mol. The van der Waals surface area contributed by atoms with Crippen molar-refractivity contribution in [2.45, 2.75) is 0 Å². The molecule has 156 valence electrons. The van der Waals surface area contributed by atoms with Gasteiger partial charge in [-0.25, -0.2) is 0 Å². The average Bonchev–Trinajstić information content (AvgIpc) is 2.99. The number of nitrogens with zero attached hydrogens (tertiary/aromatic N) is 1. The summed E-state index contributed by atoms with van der Waals surface area (Å²) in [6, 6.07) is 13.9. The number of hydrogen-bond acceptors (Lipinski definition) is 6. The molecule has 1 N–H and O–H groups in total. The number of imide groups is 1. The van der Waals surface area contributed by atoms with Crippen molar-refractivity contribution < 1.29 is 23.9 Å². The maximum atomic E-state index is 12.4. The molecule has 1 saturated heterocycles. The van der Waals surface area contributed by atoms with E-state index in [4.69, 9.17) is 21.1 Å². The summed E-state index contributed by atoms with van der Waals surface area (Å²) in [6.07, 6.45) is 1.59. The summed E-state index contributed by atoms with van der Waals surface area (Å²) < 4.78 is 10.4. The Hall–Kier alpha value is -2.81. The van der Waals surface area contributed by atoms with Crippen LogP contribution in [0.2, 0.25) is 5.02 Å². The fourth-order valence-electron chi connectivity index (χ4n) is 2.61. The number of halogens is 1. The van der Waals surface area contributed by atoms with Gasteiger partial charge in [0.25, 0.3) is 17.1 Å². The highest BCUT2D eigenvalue weighted by molar-refractivity contribution is 8.18. The minimum Gasteiger partial charge on any atom is -0.482 e. The Balaban J connectivity index is 1.61. The fourth-order valence-corrected chi connectivity index (χ4v) is 3.72. The Bertz CT molecular complexity index is 981. The molecule has 0 unspecified atom stereocenters. The minimum absolute atomic E-state index is 0.202. The monoisotopic (exact) mass is 446 g/mol. The minimum atomic E-state index is -0.365. The summed E-state index contributed by atoms with van der Waals surface area (Å²) in [6.45, 7) is 0.282. The third kappa shape index (κ3) is 5.63. The Morgan fingerprint density at radius 1 is 1.20 bits per heavy atom. The van der Waals surface area contributed by atoms with Crippen LogP contribution in [-0.4, -0.2) is 48.8 Å². The molecular formula is C21H19ClN2O5S. The molecule has 1 fully saturated rings. The van der Waals surface area contributed by atoms with Crippen molar-refractivity contribution in [1.82, 2.24) is 4.90 Å². The van der Waals surface area contributed by atoms with Crippen molar-refractivity contribution in [3.05, 3.63) is 64.0 Å². The van der Waals surface area contributed by atoms with E-state index in [1.165, 1.54) is 7.11 Å². The van der Waals surface area contributed by atoms with Gasteiger partial charge in [-0.1, -0.05) is 35.9 Å². The zero-order chi connectivity index (χ0) is 21.5. The molecular weight excluding hydrogens is 428 g/mol. The van der Waals surface area contributed by atoms with Crippen LogP contribution >= 0.6 is 23.4 Å². The van der Waals surface area contributed by atoms with Gasteiger partial charge in [-0.15, -0.1) is 0 Å². The highest BCUT2D eigenvalue weighted by atomic mass is 35.5. The molecule has 0 saturated carbocycles. The lowest BCUT2D eigenvalue weighted by Gasteiger charge is -2.11. The number of hydrogen-bond donors (Lipinski definition) is 1. The first-order valence-corrected chi connectivity index (χ1v) is 10.2. The zero-order valence-corrected chi connectivity index (χ0v) is 17.7. The number of ether oxygens (including phenoxy) is 2. The standard InChI is InChI=1S/C21H19ClN2O5S/c1-28-10-9-24-20(26)18(30-21(24)27)12-14-7-8-17(16(22)11-14)29-13-19(25)23-15-5-3-2-4-6-15/h2-8,11-12H,9-10,13H2,1H3,(H,23,25)/b18-12+. The second-order valence-electron chi connectivity index (χ2n) is 6.22. The third-order valence-electron chi connectivity index (χ3n) is 4.06. The van der Waals surface area contributed by atoms with Gasteiger partial charge < -0.3 is 14.8 Å². The summed E-state index contributed by atoms with van der Waals surface area (Å²) in [5.74, 6) is -0.340. The van der Waals surface area contributed by atoms with Gasteiger partial charge in [0.15, 0.2) is 6.61 Å². The van der Waals surface area contributed by atoms with Gasteiger partial charge in [-0.05, 0) is 47.7 Å². The second kappa shape index (κ2) is 10.3. The molecule has 2 aromatic rings. The summed E-state index contributed by atoms with van der Waals surface area (Å²) in [4.78, 5) is 37.8. The van der Waals surface area contributed by atoms with Gasteiger partial charge in [-0.2, -0.15) is 0 Å². The van der Waals surface area contributed by atoms with Crippen molar-refractivity contribution in [1.29, 1.82) is 0 Å². The zero-order valence-electron chi connectivity index (χ0n) is 16.1. The Kier molecular flexibility index (Phi) is 7.51. The van der Waals surface area contributed by atoms with Crippen molar-refractivity contribution in [3.8, 4) is 5.75 Å². The van der Waals surface area contributed by atoms with Gasteiger partial charge >= 0.3 is 0 Å². The largest absolute Gasteiger partial charge is 0.482 e. The van der Waals surface area contributed by atoms with Crippen LogP contribution < -0.4 is 10.1 Å². The van der Waals surface area contributed by atoms with Crippen LogP contribution in [-0.2, 0) is 14.3 Å². The smallest absolute Gasteiger partial charge is 0.293 e. The summed E-state index contributed by atoms with van der Waals surface area (Å²) in [7, 11) is 1.51. The van der Waals surface area contributed by atoms with Crippen LogP contribution in [0.1, 0.15) is 5.56 Å². The molecule has 7 nitrogen and oxygen atoms in total. The number of methoxy groups -OCH3 is 1. The van der Waals surface area contributed by atoms with Crippen LogP contribution in [0.25, 0.3) is 6.08 Å². The molecule has 30 heavy (non-hydrogen) atoms. The van der Waals surface area contributed by atoms with Crippen LogP contribution in [0.3, 0.4) is 0 Å². The molecule has 0 bridgehead atoms. The molecule has 0 aromatic heterocycles. The lowest BCUT2D eigenvalue weighted by Crippen LogP contribution is -2.31. The Labute approximate surface area is 183 Å². The van der Waals surface area contributed by atoms with Crippen molar-refractivity contribution in [2.24, 2.45) is 0 Å². The first-order chi connectivity index (χ1) is 14.5. The summed E-state index contributed by atoms with van der Waals surface area (Å²) >= 11 is 7.12. The van der Waals surface area contributed by atoms with Gasteiger partial charge in [0.05, 0.1) is 23.1 Å². The number of rotatable bonds is 8. The predicted molar refractivity (Wildman–Crippen MR) is 117 cm³/mol.